The van der Waals surface area contributed by atoms with Crippen LogP contribution >= 0.6 is 11.3 Å². The fourth-order valence-corrected chi connectivity index (χ4v) is 2.24. The topological polar surface area (TPSA) is 24.9 Å². The molecule has 3 heteroatoms. The maximum Gasteiger partial charge on any atom is 0.0794 e. The molecule has 14 heavy (non-hydrogen) atoms. The van der Waals surface area contributed by atoms with Crippen molar-refractivity contribution in [2.75, 3.05) is 6.54 Å². The lowest BCUT2D eigenvalue weighted by molar-refractivity contribution is 0.372. The number of hydrogen-bond acceptors (Lipinski definition) is 3. The van der Waals surface area contributed by atoms with E-state index in [0.29, 0.717) is 6.04 Å². The Hall–Kier alpha value is -0.410. The molecule has 0 radical (unpaired) electrons. The number of aromatic nitrogens is 1. The molecule has 1 heterocycles. The minimum absolute atomic E-state index is 0.602. The van der Waals surface area contributed by atoms with Crippen molar-refractivity contribution in [3.05, 3.63) is 16.6 Å². The van der Waals surface area contributed by atoms with E-state index >= 15 is 0 Å². The highest BCUT2D eigenvalue weighted by molar-refractivity contribution is 7.09. The van der Waals surface area contributed by atoms with Crippen molar-refractivity contribution in [3.8, 4) is 0 Å². The minimum Gasteiger partial charge on any atom is -0.314 e. The number of hydrogen-bond donors (Lipinski definition) is 1. The van der Waals surface area contributed by atoms with Gasteiger partial charge >= 0.3 is 0 Å². The molecule has 0 aliphatic rings. The Morgan fingerprint density at radius 1 is 1.50 bits per heavy atom. The lowest BCUT2D eigenvalue weighted by atomic mass is 9.96. The van der Waals surface area contributed by atoms with E-state index in [1.165, 1.54) is 11.3 Å². The van der Waals surface area contributed by atoms with Crippen molar-refractivity contribution < 1.29 is 0 Å². The molecule has 0 saturated carbocycles. The number of thiazole rings is 1. The third-order valence-electron chi connectivity index (χ3n) is 2.70. The molecule has 1 aromatic rings. The molecule has 0 amide bonds. The molecule has 0 aliphatic carbocycles. The largest absolute Gasteiger partial charge is 0.314 e. The average Bonchev–Trinajstić information content (AvgIpc) is 2.68. The lowest BCUT2D eigenvalue weighted by Gasteiger charge is -2.23. The highest BCUT2D eigenvalue weighted by Crippen LogP contribution is 2.15. The predicted octanol–water partition coefficient (Wildman–Crippen LogP) is 2.71. The van der Waals surface area contributed by atoms with E-state index in [0.717, 1.165) is 18.9 Å². The highest BCUT2D eigenvalue weighted by atomic mass is 32.1. The van der Waals surface area contributed by atoms with E-state index in [2.05, 4.69) is 31.1 Å². The number of rotatable bonds is 6. The molecule has 0 saturated heterocycles. The van der Waals surface area contributed by atoms with Crippen molar-refractivity contribution in [1.29, 1.82) is 0 Å². The van der Waals surface area contributed by atoms with E-state index in [1.54, 1.807) is 11.3 Å². The summed E-state index contributed by atoms with van der Waals surface area (Å²) in [5, 5.41) is 3.55. The van der Waals surface area contributed by atoms with Crippen molar-refractivity contribution >= 4 is 11.3 Å². The van der Waals surface area contributed by atoms with Crippen LogP contribution in [0.4, 0.5) is 0 Å². The van der Waals surface area contributed by atoms with Gasteiger partial charge in [-0.25, -0.2) is 0 Å². The van der Waals surface area contributed by atoms with Crippen LogP contribution in [0.2, 0.25) is 0 Å². The summed E-state index contributed by atoms with van der Waals surface area (Å²) in [5.41, 5.74) is 1.91. The fourth-order valence-electron chi connectivity index (χ4n) is 1.58. The van der Waals surface area contributed by atoms with Crippen LogP contribution in [0.25, 0.3) is 0 Å². The first-order valence-electron chi connectivity index (χ1n) is 5.38. The van der Waals surface area contributed by atoms with E-state index in [4.69, 9.17) is 0 Å². The molecule has 80 valence electrons. The van der Waals surface area contributed by atoms with Crippen LogP contribution in [-0.4, -0.2) is 17.6 Å². The Kier molecular flexibility index (Phi) is 5.12. The fraction of sp³-hybridized carbons (Fsp3) is 0.727. The third kappa shape index (κ3) is 3.39. The van der Waals surface area contributed by atoms with Gasteiger partial charge in [-0.15, -0.1) is 11.3 Å². The first-order valence-corrected chi connectivity index (χ1v) is 6.26. The van der Waals surface area contributed by atoms with E-state index in [1.807, 2.05) is 11.7 Å². The van der Waals surface area contributed by atoms with Crippen LogP contribution in [0.5, 0.6) is 0 Å². The Morgan fingerprint density at radius 2 is 2.29 bits per heavy atom. The minimum atomic E-state index is 0.602. The van der Waals surface area contributed by atoms with Crippen LogP contribution in [0, 0.1) is 5.92 Å². The molecular formula is C11H20N2S. The molecule has 1 rings (SSSR count). The van der Waals surface area contributed by atoms with Gasteiger partial charge in [0.1, 0.15) is 0 Å². The number of likely N-dealkylation sites (N-methyl/N-ethyl adjacent to an activating group) is 1. The van der Waals surface area contributed by atoms with E-state index in [-0.39, 0.29) is 0 Å². The third-order valence-corrected chi connectivity index (χ3v) is 3.50. The smallest absolute Gasteiger partial charge is 0.0794 e. The second-order valence-electron chi connectivity index (χ2n) is 3.72. The highest BCUT2D eigenvalue weighted by Gasteiger charge is 2.15. The zero-order chi connectivity index (χ0) is 10.4. The van der Waals surface area contributed by atoms with Gasteiger partial charge in [0.15, 0.2) is 0 Å². The standard InChI is InChI=1S/C11H20N2S/c1-4-9(3)11(13-5-2)6-10-7-12-8-14-10/h7-9,11,13H,4-6H2,1-3H3. The molecule has 0 aliphatic heterocycles. The van der Waals surface area contributed by atoms with Crippen molar-refractivity contribution in [1.82, 2.24) is 10.3 Å². The van der Waals surface area contributed by atoms with Crippen LogP contribution < -0.4 is 5.32 Å². The summed E-state index contributed by atoms with van der Waals surface area (Å²) in [6, 6.07) is 0.602. The molecule has 0 aromatic carbocycles. The first-order chi connectivity index (χ1) is 6.77. The Balaban J connectivity index is 2.50. The summed E-state index contributed by atoms with van der Waals surface area (Å²) < 4.78 is 0. The van der Waals surface area contributed by atoms with Gasteiger partial charge in [0.25, 0.3) is 0 Å². The summed E-state index contributed by atoms with van der Waals surface area (Å²) in [4.78, 5) is 5.50. The van der Waals surface area contributed by atoms with Crippen molar-refractivity contribution in [2.45, 2.75) is 39.7 Å². The second-order valence-corrected chi connectivity index (χ2v) is 4.69. The molecule has 2 nitrogen and oxygen atoms in total. The second kappa shape index (κ2) is 6.14. The van der Waals surface area contributed by atoms with Crippen LogP contribution in [0.3, 0.4) is 0 Å². The van der Waals surface area contributed by atoms with Gasteiger partial charge < -0.3 is 5.32 Å². The molecule has 2 unspecified atom stereocenters. The summed E-state index contributed by atoms with van der Waals surface area (Å²) in [6.07, 6.45) is 4.33. The van der Waals surface area contributed by atoms with Gasteiger partial charge in [-0.3, -0.25) is 4.98 Å². The SMILES string of the molecule is CCNC(Cc1cncs1)C(C)CC. The van der Waals surface area contributed by atoms with Gasteiger partial charge in [-0.1, -0.05) is 27.2 Å². The van der Waals surface area contributed by atoms with E-state index < -0.39 is 0 Å². The molecule has 0 bridgehead atoms. The molecule has 1 N–H and O–H groups in total. The predicted molar refractivity (Wildman–Crippen MR) is 62.7 cm³/mol. The quantitative estimate of drug-likeness (QED) is 0.784. The number of nitrogens with zero attached hydrogens (tertiary/aromatic N) is 1. The normalized spacial score (nSPS) is 15.4. The average molecular weight is 212 g/mol. The van der Waals surface area contributed by atoms with Crippen LogP contribution in [-0.2, 0) is 6.42 Å². The summed E-state index contributed by atoms with van der Waals surface area (Å²) >= 11 is 1.75. The molecule has 1 aromatic heterocycles. The maximum atomic E-state index is 4.11. The molecule has 0 spiro atoms. The van der Waals surface area contributed by atoms with Crippen LogP contribution in [0.15, 0.2) is 11.7 Å². The zero-order valence-electron chi connectivity index (χ0n) is 9.29. The Morgan fingerprint density at radius 3 is 2.79 bits per heavy atom. The van der Waals surface area contributed by atoms with Gasteiger partial charge in [0.05, 0.1) is 5.51 Å². The van der Waals surface area contributed by atoms with Gasteiger partial charge in [-0.2, -0.15) is 0 Å². The van der Waals surface area contributed by atoms with Crippen molar-refractivity contribution in [3.63, 3.8) is 0 Å². The zero-order valence-corrected chi connectivity index (χ0v) is 10.1. The summed E-state index contributed by atoms with van der Waals surface area (Å²) in [5.74, 6) is 0.733. The lowest BCUT2D eigenvalue weighted by Crippen LogP contribution is -2.36. The monoisotopic (exact) mass is 212 g/mol. The first kappa shape index (κ1) is 11.7. The van der Waals surface area contributed by atoms with Gasteiger partial charge in [0.2, 0.25) is 0 Å². The summed E-state index contributed by atoms with van der Waals surface area (Å²) in [7, 11) is 0. The summed E-state index contributed by atoms with van der Waals surface area (Å²) in [6.45, 7) is 7.78. The molecular weight excluding hydrogens is 192 g/mol. The van der Waals surface area contributed by atoms with Gasteiger partial charge in [0, 0.05) is 17.1 Å². The Labute approximate surface area is 90.8 Å². The number of nitrogens with one attached hydrogen (secondary N) is 1. The molecule has 0 fully saturated rings. The Bertz CT molecular complexity index is 233. The van der Waals surface area contributed by atoms with Crippen molar-refractivity contribution in [2.24, 2.45) is 5.92 Å². The van der Waals surface area contributed by atoms with Crippen LogP contribution in [0.1, 0.15) is 32.1 Å². The van der Waals surface area contributed by atoms with E-state index in [9.17, 15) is 0 Å². The maximum absolute atomic E-state index is 4.11. The van der Waals surface area contributed by atoms with Gasteiger partial charge in [-0.05, 0) is 18.9 Å². The molecule has 2 atom stereocenters.